The highest BCUT2D eigenvalue weighted by Crippen LogP contribution is 2.60. The molecule has 2 fully saturated rings. The highest BCUT2D eigenvalue weighted by Gasteiger charge is 2.49. The van der Waals surface area contributed by atoms with Gasteiger partial charge < -0.3 is 19.3 Å². The maximum absolute atomic E-state index is 5.74. The molecule has 2 aliphatic carbocycles. The number of fused-ring (bicyclic) bond motifs is 6. The van der Waals surface area contributed by atoms with Crippen LogP contribution in [0.4, 0.5) is 34.1 Å². The first-order chi connectivity index (χ1) is 51.3. The molecule has 0 N–H and O–H groups in total. The second-order valence-corrected chi connectivity index (χ2v) is 30.8. The van der Waals surface area contributed by atoms with E-state index in [0.717, 1.165) is 96.0 Å². The predicted octanol–water partition coefficient (Wildman–Crippen LogP) is 25.4. The molecule has 4 nitrogen and oxygen atoms in total. The summed E-state index contributed by atoms with van der Waals surface area (Å²) in [4.78, 5) is 7.46. The van der Waals surface area contributed by atoms with E-state index in [-0.39, 0.29) is 10.8 Å². The summed E-state index contributed by atoms with van der Waals surface area (Å²) in [6, 6.07) is 132. The monoisotopic (exact) mass is 1380 g/mol. The SMILES string of the molecule is CCC1(CSc2ccc(C3(c4ccccc4)c4ccccc4-c4ccc(N(c5ccc(-c6ccccc6)cc5)c5ccc(-c6ccc(N(c7ccc(-c8ccccc8)cc7)c7ccc8c(c7)C(c7ccccc7)(c7ccc(SCC9(CC)COC9)cc7)c7ccccc7-8)cc6)cc5)cc43)cc2)COC1. The van der Waals surface area contributed by atoms with Crippen LogP contribution in [0.2, 0.25) is 0 Å². The van der Waals surface area contributed by atoms with E-state index >= 15 is 0 Å². The minimum atomic E-state index is -0.589. The Bertz CT molecular complexity index is 5020. The Morgan fingerprint density at radius 2 is 0.529 bits per heavy atom. The van der Waals surface area contributed by atoms with Gasteiger partial charge in [-0.3, -0.25) is 0 Å². The molecule has 0 radical (unpaired) electrons. The van der Waals surface area contributed by atoms with Crippen molar-refractivity contribution in [2.45, 2.75) is 47.3 Å². The summed E-state index contributed by atoms with van der Waals surface area (Å²) in [5.41, 5.74) is 27.9. The zero-order chi connectivity index (χ0) is 69.7. The van der Waals surface area contributed by atoms with E-state index in [2.05, 4.69) is 375 Å². The Balaban J connectivity index is 0.724. The molecule has 0 aromatic heterocycles. The van der Waals surface area contributed by atoms with Crippen LogP contribution in [0.3, 0.4) is 0 Å². The highest BCUT2D eigenvalue weighted by atomic mass is 32.2. The molecule has 2 aliphatic heterocycles. The van der Waals surface area contributed by atoms with Crippen LogP contribution in [0.1, 0.15) is 71.2 Å². The summed E-state index contributed by atoms with van der Waals surface area (Å²) in [6.45, 7) is 7.98. The van der Waals surface area contributed by atoms with Gasteiger partial charge in [0.25, 0.3) is 0 Å². The summed E-state index contributed by atoms with van der Waals surface area (Å²) in [5, 5.41) is 0. The molecule has 0 bridgehead atoms. The van der Waals surface area contributed by atoms with Gasteiger partial charge in [-0.1, -0.05) is 269 Å². The lowest BCUT2D eigenvalue weighted by Crippen LogP contribution is -2.44. The fourth-order valence-corrected chi connectivity index (χ4v) is 19.1. The molecular weight excluding hydrogens is 1300 g/mol. The molecule has 18 rings (SSSR count). The van der Waals surface area contributed by atoms with E-state index in [0.29, 0.717) is 0 Å². The molecule has 506 valence electrons. The fourth-order valence-electron chi connectivity index (χ4n) is 16.8. The minimum absolute atomic E-state index is 0.256. The molecule has 0 amide bonds. The highest BCUT2D eigenvalue weighted by molar-refractivity contribution is 7.99. The van der Waals surface area contributed by atoms with Crippen LogP contribution in [-0.4, -0.2) is 37.9 Å². The zero-order valence-corrected chi connectivity index (χ0v) is 60.3. The maximum Gasteiger partial charge on any atom is 0.0714 e. The summed E-state index contributed by atoms with van der Waals surface area (Å²) in [7, 11) is 0. The first-order valence-electron chi connectivity index (χ1n) is 36.7. The average Bonchev–Trinajstić information content (AvgIpc) is 1.53. The third kappa shape index (κ3) is 11.4. The van der Waals surface area contributed by atoms with E-state index in [4.69, 9.17) is 9.47 Å². The lowest BCUT2D eigenvalue weighted by Gasteiger charge is -2.40. The molecule has 4 aliphatic rings. The largest absolute Gasteiger partial charge is 0.380 e. The molecule has 14 aromatic carbocycles. The van der Waals surface area contributed by atoms with Crippen molar-refractivity contribution >= 4 is 57.6 Å². The third-order valence-electron chi connectivity index (χ3n) is 22.8. The van der Waals surface area contributed by atoms with E-state index in [1.165, 1.54) is 98.8 Å². The van der Waals surface area contributed by atoms with E-state index < -0.39 is 10.8 Å². The number of benzene rings is 14. The Morgan fingerprint density at radius 1 is 0.260 bits per heavy atom. The van der Waals surface area contributed by atoms with Crippen molar-refractivity contribution in [3.05, 3.63) is 396 Å². The number of nitrogens with zero attached hydrogens (tertiary/aromatic N) is 2. The Kier molecular flexibility index (Phi) is 17.3. The van der Waals surface area contributed by atoms with Crippen molar-refractivity contribution in [1.82, 2.24) is 0 Å². The molecule has 0 saturated carbocycles. The maximum atomic E-state index is 5.74. The van der Waals surface area contributed by atoms with E-state index in [1.54, 1.807) is 0 Å². The second-order valence-electron chi connectivity index (χ2n) is 28.7. The van der Waals surface area contributed by atoms with Crippen LogP contribution in [0, 0.1) is 10.8 Å². The van der Waals surface area contributed by atoms with Crippen molar-refractivity contribution in [3.63, 3.8) is 0 Å². The predicted molar refractivity (Wildman–Crippen MR) is 435 cm³/mol. The Morgan fingerprint density at radius 3 is 0.837 bits per heavy atom. The quantitative estimate of drug-likeness (QED) is 0.0665. The number of anilines is 6. The molecule has 14 aromatic rings. The molecular formula is C98H80N2O2S2. The smallest absolute Gasteiger partial charge is 0.0714 e. The molecule has 2 atom stereocenters. The topological polar surface area (TPSA) is 24.9 Å². The van der Waals surface area contributed by atoms with Gasteiger partial charge in [0.05, 0.1) is 37.3 Å². The van der Waals surface area contributed by atoms with Crippen LogP contribution < -0.4 is 9.80 Å². The summed E-state index contributed by atoms with van der Waals surface area (Å²) < 4.78 is 11.5. The Hall–Kier alpha value is -10.7. The Labute approximate surface area is 620 Å². The van der Waals surface area contributed by atoms with Crippen LogP contribution in [0.25, 0.3) is 55.6 Å². The first-order valence-corrected chi connectivity index (χ1v) is 38.6. The second kappa shape index (κ2) is 27.5. The zero-order valence-electron chi connectivity index (χ0n) is 58.7. The average molecular weight is 1380 g/mol. The number of hydrogen-bond acceptors (Lipinski definition) is 6. The molecule has 0 spiro atoms. The number of ether oxygens (including phenoxy) is 2. The third-order valence-corrected chi connectivity index (χ3v) is 25.6. The number of rotatable bonds is 21. The van der Waals surface area contributed by atoms with E-state index in [9.17, 15) is 0 Å². The molecule has 2 saturated heterocycles. The first kappa shape index (κ1) is 65.3. The molecule has 104 heavy (non-hydrogen) atoms. The lowest BCUT2D eigenvalue weighted by molar-refractivity contribution is -0.0994. The van der Waals surface area contributed by atoms with Gasteiger partial charge in [0.2, 0.25) is 0 Å². The van der Waals surface area contributed by atoms with Crippen LogP contribution in [-0.2, 0) is 20.3 Å². The molecule has 6 heteroatoms. The molecule has 2 heterocycles. The standard InChI is InChI=1S/C98H80N2O2S2/c1-3-95(63-101-64-95)67-103-85-55-41-77(42-56-85)97(75-25-13-7-14-26-75)91-31-19-17-29-87(91)89-59-53-83(61-93(89)97)99(79-45-33-71(34-46-79)69-21-9-5-10-22-69)81-49-37-73(38-50-81)74-39-51-82(52-40-74)100(80-47-35-72(36-48-80)70-23-11-6-12-24-70)84-54-60-90-88-30-18-20-32-92(88)98(94(90)62-84,76-27-15-8-16-28-76)78-43-57-86(58-44-78)104-68-96(4-2)65-102-66-96/h5-62H,3-4,63-68H2,1-2H3. The van der Waals surface area contributed by atoms with Gasteiger partial charge in [-0.2, -0.15) is 0 Å². The normalized spacial score (nSPS) is 17.0. The van der Waals surface area contributed by atoms with Gasteiger partial charge >= 0.3 is 0 Å². The van der Waals surface area contributed by atoms with Crippen LogP contribution in [0.5, 0.6) is 0 Å². The van der Waals surface area contributed by atoms with Gasteiger partial charge in [-0.15, -0.1) is 23.5 Å². The van der Waals surface area contributed by atoms with Gasteiger partial charge in [0, 0.05) is 66.3 Å². The number of hydrogen-bond donors (Lipinski definition) is 0. The molecule has 2 unspecified atom stereocenters. The van der Waals surface area contributed by atoms with Crippen molar-refractivity contribution in [1.29, 1.82) is 0 Å². The summed E-state index contributed by atoms with van der Waals surface area (Å²) >= 11 is 3.91. The van der Waals surface area contributed by atoms with E-state index in [1.807, 2.05) is 23.5 Å². The summed E-state index contributed by atoms with van der Waals surface area (Å²) in [5.74, 6) is 2.11. The van der Waals surface area contributed by atoms with Gasteiger partial charge in [-0.25, -0.2) is 0 Å². The summed E-state index contributed by atoms with van der Waals surface area (Å²) in [6.07, 6.45) is 2.26. The van der Waals surface area contributed by atoms with Crippen molar-refractivity contribution in [2.75, 3.05) is 47.7 Å². The van der Waals surface area contributed by atoms with Gasteiger partial charge in [0.1, 0.15) is 0 Å². The van der Waals surface area contributed by atoms with Gasteiger partial charge in [0.15, 0.2) is 0 Å². The number of thioether (sulfide) groups is 2. The van der Waals surface area contributed by atoms with Crippen molar-refractivity contribution in [2.24, 2.45) is 10.8 Å². The van der Waals surface area contributed by atoms with Crippen LogP contribution >= 0.6 is 23.5 Å². The lowest BCUT2D eigenvalue weighted by atomic mass is 9.67. The van der Waals surface area contributed by atoms with Crippen LogP contribution in [0.15, 0.2) is 362 Å². The minimum Gasteiger partial charge on any atom is -0.380 e. The van der Waals surface area contributed by atoms with Crippen molar-refractivity contribution < 1.29 is 9.47 Å². The van der Waals surface area contributed by atoms with Crippen molar-refractivity contribution in [3.8, 4) is 55.6 Å². The van der Waals surface area contributed by atoms with Gasteiger partial charge in [-0.05, 0) is 210 Å². The fraction of sp³-hybridized carbons (Fsp3) is 0.143.